The lowest BCUT2D eigenvalue weighted by molar-refractivity contribution is -0.144. The summed E-state index contributed by atoms with van der Waals surface area (Å²) in [5.41, 5.74) is 2.88. The summed E-state index contributed by atoms with van der Waals surface area (Å²) in [5, 5.41) is 14.0. The molecule has 8 heteroatoms. The number of benzene rings is 2. The smallest absolute Gasteiger partial charge is 0.344 e. The van der Waals surface area contributed by atoms with Gasteiger partial charge in [-0.2, -0.15) is 5.10 Å². The number of carboxylic acid groups (broad SMARTS) is 1. The lowest BCUT2D eigenvalue weighted by atomic mass is 10.1. The molecule has 6 nitrogen and oxygen atoms in total. The highest BCUT2D eigenvalue weighted by atomic mass is 35.5. The molecule has 1 heterocycles. The molecule has 0 aliphatic heterocycles. The van der Waals surface area contributed by atoms with Crippen LogP contribution in [0.2, 0.25) is 10.0 Å². The fourth-order valence-corrected chi connectivity index (χ4v) is 3.30. The number of nitrogens with zero attached hydrogens (tertiary/aromatic N) is 2. The average Bonchev–Trinajstić information content (AvgIpc) is 2.93. The number of hydrogen-bond acceptors (Lipinski definition) is 4. The van der Waals surface area contributed by atoms with E-state index in [0.29, 0.717) is 18.1 Å². The van der Waals surface area contributed by atoms with Gasteiger partial charge in [0.25, 0.3) is 0 Å². The van der Waals surface area contributed by atoms with Gasteiger partial charge in [-0.05, 0) is 25.5 Å². The first-order chi connectivity index (χ1) is 13.8. The van der Waals surface area contributed by atoms with E-state index in [4.69, 9.17) is 37.8 Å². The van der Waals surface area contributed by atoms with Gasteiger partial charge in [-0.15, -0.1) is 0 Å². The summed E-state index contributed by atoms with van der Waals surface area (Å²) in [4.78, 5) is 11.1. The van der Waals surface area contributed by atoms with Crippen molar-refractivity contribution in [2.45, 2.75) is 26.4 Å². The molecule has 0 radical (unpaired) electrons. The third-order valence-electron chi connectivity index (χ3n) is 4.36. The number of halogens is 2. The van der Waals surface area contributed by atoms with Crippen LogP contribution < -0.4 is 9.47 Å². The second kappa shape index (κ2) is 8.76. The van der Waals surface area contributed by atoms with E-state index in [1.54, 1.807) is 11.7 Å². The Hall–Kier alpha value is -2.70. The van der Waals surface area contributed by atoms with Crippen LogP contribution in [-0.2, 0) is 18.3 Å². The van der Waals surface area contributed by atoms with Gasteiger partial charge < -0.3 is 14.6 Å². The molecule has 1 aromatic heterocycles. The van der Waals surface area contributed by atoms with E-state index in [9.17, 15) is 4.79 Å². The van der Waals surface area contributed by atoms with E-state index < -0.39 is 12.1 Å². The van der Waals surface area contributed by atoms with Gasteiger partial charge in [0.05, 0.1) is 15.7 Å². The van der Waals surface area contributed by atoms with E-state index in [2.05, 4.69) is 5.10 Å². The molecule has 0 saturated heterocycles. The fourth-order valence-electron chi connectivity index (χ4n) is 2.84. The van der Waals surface area contributed by atoms with Crippen molar-refractivity contribution in [3.05, 3.63) is 69.3 Å². The summed E-state index contributed by atoms with van der Waals surface area (Å²) in [5.74, 6) is -0.107. The van der Waals surface area contributed by atoms with Crippen molar-refractivity contribution >= 4 is 29.2 Å². The molecule has 1 N–H and O–H groups in total. The second-order valence-corrected chi connectivity index (χ2v) is 7.38. The van der Waals surface area contributed by atoms with Crippen molar-refractivity contribution in [2.75, 3.05) is 0 Å². The first-order valence-electron chi connectivity index (χ1n) is 8.89. The largest absolute Gasteiger partial charge is 0.479 e. The van der Waals surface area contributed by atoms with Crippen LogP contribution in [0.5, 0.6) is 17.4 Å². The normalized spacial score (nSPS) is 11.9. The lowest BCUT2D eigenvalue weighted by Crippen LogP contribution is -2.23. The minimum atomic E-state index is -1.11. The lowest BCUT2D eigenvalue weighted by Gasteiger charge is -2.15. The quantitative estimate of drug-likeness (QED) is 0.547. The number of aryl methyl sites for hydroxylation is 2. The van der Waals surface area contributed by atoms with Crippen LogP contribution in [0.15, 0.2) is 42.5 Å². The molecule has 3 rings (SSSR count). The minimum Gasteiger partial charge on any atom is -0.479 e. The van der Waals surface area contributed by atoms with Crippen LogP contribution in [0.4, 0.5) is 0 Å². The van der Waals surface area contributed by atoms with Gasteiger partial charge in [0.15, 0.2) is 11.9 Å². The first kappa shape index (κ1) is 21.0. The molecule has 0 bridgehead atoms. The third kappa shape index (κ3) is 4.83. The van der Waals surface area contributed by atoms with Gasteiger partial charge in [-0.25, -0.2) is 9.48 Å². The van der Waals surface area contributed by atoms with Crippen molar-refractivity contribution in [1.29, 1.82) is 0 Å². The molecule has 29 heavy (non-hydrogen) atoms. The van der Waals surface area contributed by atoms with Crippen molar-refractivity contribution in [3.63, 3.8) is 0 Å². The van der Waals surface area contributed by atoms with Crippen LogP contribution in [0, 0.1) is 6.92 Å². The predicted octanol–water partition coefficient (Wildman–Crippen LogP) is 5.27. The Morgan fingerprint density at radius 2 is 1.83 bits per heavy atom. The molecule has 0 amide bonds. The van der Waals surface area contributed by atoms with Crippen LogP contribution in [-0.4, -0.2) is 27.0 Å². The monoisotopic (exact) mass is 434 g/mol. The molecule has 2 aromatic carbocycles. The Morgan fingerprint density at radius 1 is 1.17 bits per heavy atom. The summed E-state index contributed by atoms with van der Waals surface area (Å²) in [6, 6.07) is 12.9. The first-order valence-corrected chi connectivity index (χ1v) is 9.64. The zero-order valence-electron chi connectivity index (χ0n) is 16.1. The Bertz CT molecular complexity index is 1030. The number of carboxylic acids is 1. The predicted molar refractivity (Wildman–Crippen MR) is 111 cm³/mol. The second-order valence-electron chi connectivity index (χ2n) is 6.57. The van der Waals surface area contributed by atoms with Gasteiger partial charge >= 0.3 is 5.97 Å². The SMILES string of the molecule is Cc1nn(C)c(Oc2cc(O[C@@H](C)C(=O)O)c(Cl)cc2Cl)c1Cc1ccccc1. The molecular weight excluding hydrogens is 415 g/mol. The zero-order valence-corrected chi connectivity index (χ0v) is 17.7. The fraction of sp³-hybridized carbons (Fsp3) is 0.238. The molecule has 0 aliphatic carbocycles. The standard InChI is InChI=1S/C21H20Cl2N2O4/c1-12-15(9-14-7-5-4-6-8-14)20(25(3)24-12)29-19-11-18(16(22)10-17(19)23)28-13(2)21(26)27/h4-8,10-11,13H,9H2,1-3H3,(H,26,27)/t13-/m0/s1. The topological polar surface area (TPSA) is 73.6 Å². The van der Waals surface area contributed by atoms with Crippen LogP contribution in [0.1, 0.15) is 23.7 Å². The number of hydrogen-bond donors (Lipinski definition) is 1. The molecule has 0 fully saturated rings. The highest BCUT2D eigenvalue weighted by Crippen LogP contribution is 2.39. The molecule has 1 atom stereocenters. The maximum absolute atomic E-state index is 11.1. The van der Waals surface area contributed by atoms with E-state index >= 15 is 0 Å². The van der Waals surface area contributed by atoms with Gasteiger partial charge in [-0.3, -0.25) is 0 Å². The maximum atomic E-state index is 11.1. The van der Waals surface area contributed by atoms with E-state index in [1.807, 2.05) is 37.3 Å². The number of ether oxygens (including phenoxy) is 2. The van der Waals surface area contributed by atoms with Gasteiger partial charge in [-0.1, -0.05) is 53.5 Å². The van der Waals surface area contributed by atoms with Crippen LogP contribution >= 0.6 is 23.2 Å². The molecule has 3 aromatic rings. The average molecular weight is 435 g/mol. The number of carbonyl (C=O) groups is 1. The summed E-state index contributed by atoms with van der Waals surface area (Å²) < 4.78 is 13.1. The third-order valence-corrected chi connectivity index (χ3v) is 4.95. The van der Waals surface area contributed by atoms with Crippen molar-refractivity contribution in [1.82, 2.24) is 9.78 Å². The number of rotatable bonds is 7. The Labute approximate surface area is 178 Å². The highest BCUT2D eigenvalue weighted by molar-refractivity contribution is 6.36. The molecule has 0 unspecified atom stereocenters. The van der Waals surface area contributed by atoms with Crippen LogP contribution in [0.3, 0.4) is 0 Å². The van der Waals surface area contributed by atoms with Gasteiger partial charge in [0.1, 0.15) is 5.75 Å². The van der Waals surface area contributed by atoms with Crippen LogP contribution in [0.25, 0.3) is 0 Å². The number of aromatic nitrogens is 2. The van der Waals surface area contributed by atoms with Crippen molar-refractivity contribution in [3.8, 4) is 17.4 Å². The van der Waals surface area contributed by atoms with E-state index in [0.717, 1.165) is 16.8 Å². The Balaban J connectivity index is 1.95. The van der Waals surface area contributed by atoms with Crippen molar-refractivity contribution < 1.29 is 19.4 Å². The molecular formula is C21H20Cl2N2O4. The maximum Gasteiger partial charge on any atom is 0.344 e. The van der Waals surface area contributed by atoms with E-state index in [-0.39, 0.29) is 15.8 Å². The molecule has 0 spiro atoms. The number of aliphatic carboxylic acids is 1. The summed E-state index contributed by atoms with van der Waals surface area (Å²) in [6.45, 7) is 3.33. The summed E-state index contributed by atoms with van der Waals surface area (Å²) in [7, 11) is 1.78. The minimum absolute atomic E-state index is 0.171. The Kier molecular flexibility index (Phi) is 6.35. The Morgan fingerprint density at radius 3 is 2.48 bits per heavy atom. The summed E-state index contributed by atoms with van der Waals surface area (Å²) in [6.07, 6.45) is -0.436. The van der Waals surface area contributed by atoms with Gasteiger partial charge in [0, 0.05) is 25.1 Å². The van der Waals surface area contributed by atoms with Gasteiger partial charge in [0.2, 0.25) is 5.88 Å². The molecule has 152 valence electrons. The molecule has 0 aliphatic rings. The molecule has 0 saturated carbocycles. The van der Waals surface area contributed by atoms with Crippen molar-refractivity contribution in [2.24, 2.45) is 7.05 Å². The van der Waals surface area contributed by atoms with E-state index in [1.165, 1.54) is 19.1 Å². The zero-order chi connectivity index (χ0) is 21.1. The highest BCUT2D eigenvalue weighted by Gasteiger charge is 2.20. The summed E-state index contributed by atoms with van der Waals surface area (Å²) >= 11 is 12.5.